The van der Waals surface area contributed by atoms with Crippen molar-refractivity contribution in [1.29, 1.82) is 0 Å². The maximum atomic E-state index is 12.7. The van der Waals surface area contributed by atoms with Crippen molar-refractivity contribution in [3.8, 4) is 11.1 Å². The number of amides is 2. The molecule has 2 aromatic carbocycles. The van der Waals surface area contributed by atoms with E-state index in [9.17, 15) is 14.4 Å². The second-order valence-corrected chi connectivity index (χ2v) is 9.09. The summed E-state index contributed by atoms with van der Waals surface area (Å²) >= 11 is 0. The first kappa shape index (κ1) is 23.8. The van der Waals surface area contributed by atoms with Crippen LogP contribution in [0.15, 0.2) is 48.5 Å². The lowest BCUT2D eigenvalue weighted by atomic mass is 9.98. The van der Waals surface area contributed by atoms with Gasteiger partial charge in [-0.15, -0.1) is 0 Å². The molecule has 7 nitrogen and oxygen atoms in total. The lowest BCUT2D eigenvalue weighted by Crippen LogP contribution is -2.41. The number of fused-ring (bicyclic) bond motifs is 3. The van der Waals surface area contributed by atoms with Crippen LogP contribution in [0.4, 0.5) is 4.79 Å². The molecule has 2 atom stereocenters. The van der Waals surface area contributed by atoms with Gasteiger partial charge in [0.25, 0.3) is 0 Å². The highest BCUT2D eigenvalue weighted by molar-refractivity contribution is 5.79. The zero-order valence-electron chi connectivity index (χ0n) is 19.5. The van der Waals surface area contributed by atoms with Gasteiger partial charge in [-0.25, -0.2) is 4.79 Å². The number of carbonyl (C=O) groups is 3. The number of carboxylic acids is 1. The van der Waals surface area contributed by atoms with Gasteiger partial charge in [-0.05, 0) is 47.9 Å². The second-order valence-electron chi connectivity index (χ2n) is 9.09. The predicted octanol–water partition coefficient (Wildman–Crippen LogP) is 4.41. The molecule has 2 aliphatic carbocycles. The van der Waals surface area contributed by atoms with Gasteiger partial charge in [0, 0.05) is 31.5 Å². The minimum absolute atomic E-state index is 0.00597. The van der Waals surface area contributed by atoms with Crippen molar-refractivity contribution in [2.24, 2.45) is 5.92 Å². The Morgan fingerprint density at radius 2 is 1.68 bits per heavy atom. The monoisotopic (exact) mass is 464 g/mol. The quantitative estimate of drug-likeness (QED) is 0.573. The first-order valence-corrected chi connectivity index (χ1v) is 12.1. The summed E-state index contributed by atoms with van der Waals surface area (Å²) in [6.07, 6.45) is 2.39. The van der Waals surface area contributed by atoms with Crippen LogP contribution in [0.5, 0.6) is 0 Å². The average Bonchev–Trinajstić information content (AvgIpc) is 3.39. The van der Waals surface area contributed by atoms with Gasteiger partial charge in [0.15, 0.2) is 0 Å². The Morgan fingerprint density at radius 3 is 2.29 bits per heavy atom. The van der Waals surface area contributed by atoms with E-state index in [1.807, 2.05) is 31.2 Å². The zero-order chi connectivity index (χ0) is 24.1. The van der Waals surface area contributed by atoms with Gasteiger partial charge in [0.05, 0.1) is 6.42 Å². The Labute approximate surface area is 200 Å². The van der Waals surface area contributed by atoms with Crippen LogP contribution >= 0.6 is 0 Å². The summed E-state index contributed by atoms with van der Waals surface area (Å²) in [5.74, 6) is -0.935. The summed E-state index contributed by atoms with van der Waals surface area (Å²) in [7, 11) is 0. The summed E-state index contributed by atoms with van der Waals surface area (Å²) < 4.78 is 5.68. The normalized spacial score (nSPS) is 18.7. The number of nitrogens with zero attached hydrogens (tertiary/aromatic N) is 1. The first-order valence-electron chi connectivity index (χ1n) is 12.1. The number of benzene rings is 2. The van der Waals surface area contributed by atoms with Crippen molar-refractivity contribution in [2.45, 2.75) is 51.0 Å². The summed E-state index contributed by atoms with van der Waals surface area (Å²) in [5.41, 5.74) is 4.71. The molecule has 7 heteroatoms. The minimum Gasteiger partial charge on any atom is -0.481 e. The molecule has 0 bridgehead atoms. The standard InChI is InChI=1S/C27H32N2O5/c1-2-29(15-14-26(31)32)25(30)16-18-8-7-13-24(18)28-27(33)34-17-23-21-11-5-3-9-19(21)20-10-4-6-12-22(20)23/h3-6,9-12,18,23-24H,2,7-8,13-17H2,1H3,(H,28,33)(H,31,32)/t18-,24+/m0/s1. The highest BCUT2D eigenvalue weighted by atomic mass is 16.5. The molecule has 0 heterocycles. The molecule has 1 fully saturated rings. The first-order chi connectivity index (χ1) is 16.5. The highest BCUT2D eigenvalue weighted by Crippen LogP contribution is 2.44. The van der Waals surface area contributed by atoms with Crippen molar-refractivity contribution in [3.05, 3.63) is 59.7 Å². The van der Waals surface area contributed by atoms with E-state index in [0.29, 0.717) is 13.0 Å². The van der Waals surface area contributed by atoms with E-state index in [1.54, 1.807) is 4.90 Å². The van der Waals surface area contributed by atoms with E-state index in [2.05, 4.69) is 29.6 Å². The van der Waals surface area contributed by atoms with E-state index < -0.39 is 12.1 Å². The number of carbonyl (C=O) groups excluding carboxylic acids is 2. The van der Waals surface area contributed by atoms with Gasteiger partial charge in [-0.3, -0.25) is 9.59 Å². The van der Waals surface area contributed by atoms with E-state index in [-0.39, 0.29) is 43.4 Å². The number of hydrogen-bond acceptors (Lipinski definition) is 4. The second kappa shape index (κ2) is 10.7. The molecule has 4 rings (SSSR count). The molecular weight excluding hydrogens is 432 g/mol. The van der Waals surface area contributed by atoms with Gasteiger partial charge >= 0.3 is 12.1 Å². The van der Waals surface area contributed by atoms with Crippen LogP contribution in [-0.2, 0) is 14.3 Å². The fourth-order valence-corrected chi connectivity index (χ4v) is 5.31. The fourth-order valence-electron chi connectivity index (χ4n) is 5.31. The fraction of sp³-hybridized carbons (Fsp3) is 0.444. The summed E-state index contributed by atoms with van der Waals surface area (Å²) in [6, 6.07) is 16.3. The van der Waals surface area contributed by atoms with Crippen LogP contribution in [0.1, 0.15) is 56.1 Å². The van der Waals surface area contributed by atoms with Crippen molar-refractivity contribution in [1.82, 2.24) is 10.2 Å². The zero-order valence-corrected chi connectivity index (χ0v) is 19.5. The topological polar surface area (TPSA) is 95.9 Å². The van der Waals surface area contributed by atoms with Crippen molar-refractivity contribution in [3.63, 3.8) is 0 Å². The molecule has 0 unspecified atom stereocenters. The number of carboxylic acid groups (broad SMARTS) is 1. The van der Waals surface area contributed by atoms with Crippen LogP contribution in [0.25, 0.3) is 11.1 Å². The summed E-state index contributed by atoms with van der Waals surface area (Å²) in [5, 5.41) is 11.9. The van der Waals surface area contributed by atoms with Gasteiger partial charge in [0.1, 0.15) is 6.61 Å². The number of aliphatic carboxylic acids is 1. The molecule has 0 aliphatic heterocycles. The van der Waals surface area contributed by atoms with Crippen LogP contribution in [-0.4, -0.2) is 53.7 Å². The molecular formula is C27H32N2O5. The van der Waals surface area contributed by atoms with Crippen molar-refractivity contribution in [2.75, 3.05) is 19.7 Å². The summed E-state index contributed by atoms with van der Waals surface area (Å²) in [6.45, 7) is 2.79. The molecule has 2 aromatic rings. The molecule has 0 aromatic heterocycles. The Bertz CT molecular complexity index is 1010. The minimum atomic E-state index is -0.915. The third kappa shape index (κ3) is 5.24. The Kier molecular flexibility index (Phi) is 7.50. The molecule has 1 saturated carbocycles. The Hall–Kier alpha value is -3.35. The molecule has 0 saturated heterocycles. The smallest absolute Gasteiger partial charge is 0.407 e. The number of alkyl carbamates (subject to hydrolysis) is 1. The molecule has 2 aliphatic rings. The van der Waals surface area contributed by atoms with Gasteiger partial charge in [-0.1, -0.05) is 55.0 Å². The van der Waals surface area contributed by atoms with Crippen LogP contribution < -0.4 is 5.32 Å². The van der Waals surface area contributed by atoms with Gasteiger partial charge in [0.2, 0.25) is 5.91 Å². The third-order valence-electron chi connectivity index (χ3n) is 7.07. The van der Waals surface area contributed by atoms with Crippen molar-refractivity contribution >= 4 is 18.0 Å². The number of rotatable bonds is 9. The van der Waals surface area contributed by atoms with E-state index in [1.165, 1.54) is 22.3 Å². The average molecular weight is 465 g/mol. The largest absolute Gasteiger partial charge is 0.481 e. The molecule has 0 spiro atoms. The van der Waals surface area contributed by atoms with Crippen LogP contribution in [0, 0.1) is 5.92 Å². The molecule has 34 heavy (non-hydrogen) atoms. The molecule has 2 N–H and O–H groups in total. The SMILES string of the molecule is CCN(CCC(=O)O)C(=O)C[C@@H]1CCC[C@H]1NC(=O)OCC1c2ccccc2-c2ccccc21. The van der Waals surface area contributed by atoms with Gasteiger partial charge < -0.3 is 20.1 Å². The lowest BCUT2D eigenvalue weighted by Gasteiger charge is -2.25. The maximum Gasteiger partial charge on any atom is 0.407 e. The van der Waals surface area contributed by atoms with E-state index in [4.69, 9.17) is 9.84 Å². The number of nitrogens with one attached hydrogen (secondary N) is 1. The third-order valence-corrected chi connectivity index (χ3v) is 7.07. The highest BCUT2D eigenvalue weighted by Gasteiger charge is 2.33. The Balaban J connectivity index is 1.32. The predicted molar refractivity (Wildman–Crippen MR) is 128 cm³/mol. The Morgan fingerprint density at radius 1 is 1.03 bits per heavy atom. The summed E-state index contributed by atoms with van der Waals surface area (Å²) in [4.78, 5) is 37.8. The lowest BCUT2D eigenvalue weighted by molar-refractivity contribution is -0.138. The van der Waals surface area contributed by atoms with E-state index >= 15 is 0 Å². The molecule has 0 radical (unpaired) electrons. The molecule has 2 amide bonds. The van der Waals surface area contributed by atoms with Gasteiger partial charge in [-0.2, -0.15) is 0 Å². The van der Waals surface area contributed by atoms with Crippen LogP contribution in [0.2, 0.25) is 0 Å². The number of hydrogen-bond donors (Lipinski definition) is 2. The molecule has 180 valence electrons. The van der Waals surface area contributed by atoms with E-state index in [0.717, 1.165) is 19.3 Å². The van der Waals surface area contributed by atoms with Crippen LogP contribution in [0.3, 0.4) is 0 Å². The maximum absolute atomic E-state index is 12.7. The number of ether oxygens (including phenoxy) is 1. The van der Waals surface area contributed by atoms with Crippen molar-refractivity contribution < 1.29 is 24.2 Å².